The van der Waals surface area contributed by atoms with Crippen LogP contribution in [0.2, 0.25) is 0 Å². The molecule has 0 N–H and O–H groups in total. The summed E-state index contributed by atoms with van der Waals surface area (Å²) >= 11 is -2.23. The van der Waals surface area contributed by atoms with Crippen LogP contribution in [0.1, 0.15) is 0 Å². The van der Waals surface area contributed by atoms with E-state index in [9.17, 15) is 8.76 Å². The van der Waals surface area contributed by atoms with Gasteiger partial charge in [0.2, 0.25) is 0 Å². The maximum atomic E-state index is 10.5. The van der Waals surface area contributed by atoms with Crippen LogP contribution in [0.3, 0.4) is 0 Å². The Morgan fingerprint density at radius 3 is 2.79 bits per heavy atom. The Morgan fingerprint density at radius 1 is 1.43 bits per heavy atom. The molecule has 72 valence electrons. The van der Waals surface area contributed by atoms with Crippen molar-refractivity contribution < 1.29 is 8.76 Å². The molecule has 0 aliphatic heterocycles. The van der Waals surface area contributed by atoms with Gasteiger partial charge in [0.05, 0.1) is 0 Å². The number of hydrogen-bond acceptors (Lipinski definition) is 4. The average Bonchev–Trinajstić information content (AvgIpc) is 2.71. The van der Waals surface area contributed by atoms with E-state index in [-0.39, 0.29) is 4.90 Å². The lowest BCUT2D eigenvalue weighted by molar-refractivity contribution is 0.536. The van der Waals surface area contributed by atoms with Crippen molar-refractivity contribution in [2.45, 2.75) is 4.90 Å². The van der Waals surface area contributed by atoms with E-state index in [1.54, 1.807) is 29.2 Å². The van der Waals surface area contributed by atoms with Gasteiger partial charge in [0, 0.05) is 23.5 Å². The van der Waals surface area contributed by atoms with E-state index in [1.807, 2.05) is 0 Å². The molecule has 14 heavy (non-hydrogen) atoms. The molecule has 5 nitrogen and oxygen atoms in total. The fourth-order valence-electron chi connectivity index (χ4n) is 1.01. The lowest BCUT2D eigenvalue weighted by Crippen LogP contribution is -1.98. The van der Waals surface area contributed by atoms with Gasteiger partial charge in [0.1, 0.15) is 0 Å². The monoisotopic (exact) mass is 208 g/mol. The summed E-state index contributed by atoms with van der Waals surface area (Å²) in [5, 5.41) is 3.96. The largest absolute Gasteiger partial charge is 0.768 e. The third-order valence-electron chi connectivity index (χ3n) is 1.65. The Balaban J connectivity index is 2.36. The SMILES string of the molecule is O=S([O-])c1ccc(-n2cccn2)nc1. The highest BCUT2D eigenvalue weighted by Gasteiger charge is 1.97. The molecule has 0 aliphatic carbocycles. The summed E-state index contributed by atoms with van der Waals surface area (Å²) in [6, 6.07) is 4.84. The van der Waals surface area contributed by atoms with Crippen LogP contribution in [0.5, 0.6) is 0 Å². The maximum Gasteiger partial charge on any atom is 0.153 e. The van der Waals surface area contributed by atoms with Gasteiger partial charge in [-0.3, -0.25) is 4.21 Å². The van der Waals surface area contributed by atoms with Crippen LogP contribution < -0.4 is 0 Å². The van der Waals surface area contributed by atoms with Crippen molar-refractivity contribution in [2.24, 2.45) is 0 Å². The molecule has 0 amide bonds. The molecular formula is C8H6N3O2S-. The highest BCUT2D eigenvalue weighted by atomic mass is 32.2. The topological polar surface area (TPSA) is 70.8 Å². The van der Waals surface area contributed by atoms with Gasteiger partial charge in [-0.15, -0.1) is 0 Å². The molecule has 2 heterocycles. The standard InChI is InChI=1S/C8H7N3O2S/c12-14(13)7-2-3-8(9-6-7)11-5-1-4-10-11/h1-6H,(H,12,13)/p-1. The second-order valence-corrected chi connectivity index (χ2v) is 3.48. The van der Waals surface area contributed by atoms with E-state index >= 15 is 0 Å². The molecule has 1 atom stereocenters. The summed E-state index contributed by atoms with van der Waals surface area (Å²) in [6.45, 7) is 0. The van der Waals surface area contributed by atoms with Crippen LogP contribution in [0.4, 0.5) is 0 Å². The van der Waals surface area contributed by atoms with Crippen LogP contribution in [0.15, 0.2) is 41.7 Å². The summed E-state index contributed by atoms with van der Waals surface area (Å²) in [4.78, 5) is 4.12. The molecule has 6 heteroatoms. The van der Waals surface area contributed by atoms with Gasteiger partial charge in [-0.1, -0.05) is 0 Å². The summed E-state index contributed by atoms with van der Waals surface area (Å²) < 4.78 is 22.6. The molecule has 2 aromatic heterocycles. The van der Waals surface area contributed by atoms with E-state index in [4.69, 9.17) is 0 Å². The van der Waals surface area contributed by atoms with Gasteiger partial charge >= 0.3 is 0 Å². The van der Waals surface area contributed by atoms with Crippen molar-refractivity contribution in [3.63, 3.8) is 0 Å². The highest BCUT2D eigenvalue weighted by Crippen LogP contribution is 2.06. The van der Waals surface area contributed by atoms with Crippen molar-refractivity contribution in [1.82, 2.24) is 14.8 Å². The average molecular weight is 208 g/mol. The number of hydrogen-bond donors (Lipinski definition) is 0. The van der Waals surface area contributed by atoms with Crippen LogP contribution in [0, 0.1) is 0 Å². The van der Waals surface area contributed by atoms with E-state index < -0.39 is 11.1 Å². The Bertz CT molecular complexity index is 438. The van der Waals surface area contributed by atoms with Crippen LogP contribution in [-0.4, -0.2) is 23.5 Å². The van der Waals surface area contributed by atoms with Gasteiger partial charge in [-0.25, -0.2) is 9.67 Å². The first kappa shape index (κ1) is 9.04. The van der Waals surface area contributed by atoms with Gasteiger partial charge in [-0.05, 0) is 29.3 Å². The first-order chi connectivity index (χ1) is 6.77. The Morgan fingerprint density at radius 2 is 2.29 bits per heavy atom. The minimum Gasteiger partial charge on any atom is -0.768 e. The molecular weight excluding hydrogens is 202 g/mol. The molecule has 0 aliphatic rings. The fraction of sp³-hybridized carbons (Fsp3) is 0. The van der Waals surface area contributed by atoms with Gasteiger partial charge < -0.3 is 4.55 Å². The van der Waals surface area contributed by atoms with Crippen LogP contribution in [0.25, 0.3) is 5.82 Å². The zero-order valence-corrected chi connectivity index (χ0v) is 7.85. The number of nitrogens with zero attached hydrogens (tertiary/aromatic N) is 3. The van der Waals surface area contributed by atoms with Gasteiger partial charge in [0.15, 0.2) is 5.82 Å². The zero-order chi connectivity index (χ0) is 9.97. The molecule has 0 radical (unpaired) electrons. The predicted molar refractivity (Wildman–Crippen MR) is 48.5 cm³/mol. The van der Waals surface area contributed by atoms with E-state index in [0.29, 0.717) is 5.82 Å². The van der Waals surface area contributed by atoms with Crippen molar-refractivity contribution in [3.8, 4) is 5.82 Å². The molecule has 0 fully saturated rings. The van der Waals surface area contributed by atoms with E-state index in [1.165, 1.54) is 12.3 Å². The van der Waals surface area contributed by atoms with Crippen LogP contribution >= 0.6 is 0 Å². The van der Waals surface area contributed by atoms with Gasteiger partial charge in [0.25, 0.3) is 0 Å². The third kappa shape index (κ3) is 1.70. The summed E-state index contributed by atoms with van der Waals surface area (Å²) in [7, 11) is 0. The Labute approximate surface area is 82.7 Å². The Kier molecular flexibility index (Phi) is 2.38. The third-order valence-corrected chi connectivity index (χ3v) is 2.28. The maximum absolute atomic E-state index is 10.5. The first-order valence-corrected chi connectivity index (χ1v) is 4.90. The lowest BCUT2D eigenvalue weighted by Gasteiger charge is -2.05. The summed E-state index contributed by atoms with van der Waals surface area (Å²) in [5.74, 6) is 0.587. The van der Waals surface area contributed by atoms with Crippen LogP contribution in [-0.2, 0) is 11.1 Å². The van der Waals surface area contributed by atoms with E-state index in [2.05, 4.69) is 10.1 Å². The number of aromatic nitrogens is 3. The fourth-order valence-corrected chi connectivity index (χ4v) is 1.33. The number of rotatable bonds is 2. The minimum atomic E-state index is -2.23. The quantitative estimate of drug-likeness (QED) is 0.674. The number of pyridine rings is 1. The lowest BCUT2D eigenvalue weighted by atomic mass is 10.5. The first-order valence-electron chi connectivity index (χ1n) is 3.83. The normalized spacial score (nSPS) is 12.6. The van der Waals surface area contributed by atoms with Gasteiger partial charge in [-0.2, -0.15) is 5.10 Å². The molecule has 2 rings (SSSR count). The summed E-state index contributed by atoms with van der Waals surface area (Å²) in [5.41, 5.74) is 0. The zero-order valence-electron chi connectivity index (χ0n) is 7.03. The predicted octanol–water partition coefficient (Wildman–Crippen LogP) is 0.505. The molecule has 0 bridgehead atoms. The Hall–Kier alpha value is -1.53. The summed E-state index contributed by atoms with van der Waals surface area (Å²) in [6.07, 6.45) is 4.65. The molecule has 0 aromatic carbocycles. The smallest absolute Gasteiger partial charge is 0.153 e. The molecule has 0 spiro atoms. The highest BCUT2D eigenvalue weighted by molar-refractivity contribution is 7.79. The van der Waals surface area contributed by atoms with Crippen molar-refractivity contribution >= 4 is 11.1 Å². The van der Waals surface area contributed by atoms with Crippen molar-refractivity contribution in [1.29, 1.82) is 0 Å². The molecule has 2 aromatic rings. The second kappa shape index (κ2) is 3.69. The minimum absolute atomic E-state index is 0.168. The van der Waals surface area contributed by atoms with Crippen molar-refractivity contribution in [3.05, 3.63) is 36.8 Å². The second-order valence-electron chi connectivity index (χ2n) is 2.54. The molecule has 1 unspecified atom stereocenters. The van der Waals surface area contributed by atoms with Crippen molar-refractivity contribution in [2.75, 3.05) is 0 Å². The molecule has 0 saturated carbocycles. The molecule has 0 saturated heterocycles. The van der Waals surface area contributed by atoms with E-state index in [0.717, 1.165) is 0 Å².